The molecule has 1 aromatic rings. The lowest BCUT2D eigenvalue weighted by atomic mass is 9.87. The van der Waals surface area contributed by atoms with Crippen molar-refractivity contribution in [3.63, 3.8) is 0 Å². The minimum absolute atomic E-state index is 0.0349. The SMILES string of the molecule is COc1cc(C(=O)NCC(C)(C)C[C@@H](C)O)c([N+](=O)[O-])c(OC)c1OC. The molecule has 9 nitrogen and oxygen atoms in total. The maximum Gasteiger partial charge on any atom is 0.327 e. The molecule has 0 fully saturated rings. The molecule has 1 amide bonds. The Kier molecular flexibility index (Phi) is 7.19. The molecule has 2 N–H and O–H groups in total. The molecular weight excluding hydrogens is 344 g/mol. The van der Waals surface area contributed by atoms with E-state index >= 15 is 0 Å². The number of hydrogen-bond acceptors (Lipinski definition) is 7. The number of carbonyl (C=O) groups is 1. The summed E-state index contributed by atoms with van der Waals surface area (Å²) in [7, 11) is 3.93. The highest BCUT2D eigenvalue weighted by Gasteiger charge is 2.33. The van der Waals surface area contributed by atoms with Crippen molar-refractivity contribution < 1.29 is 29.0 Å². The van der Waals surface area contributed by atoms with E-state index in [1.807, 2.05) is 13.8 Å². The van der Waals surface area contributed by atoms with Gasteiger partial charge in [-0.25, -0.2) is 0 Å². The molecule has 26 heavy (non-hydrogen) atoms. The zero-order valence-corrected chi connectivity index (χ0v) is 15.9. The highest BCUT2D eigenvalue weighted by atomic mass is 16.6. The summed E-state index contributed by atoms with van der Waals surface area (Å²) < 4.78 is 15.4. The van der Waals surface area contributed by atoms with E-state index in [0.717, 1.165) is 0 Å². The number of amides is 1. The van der Waals surface area contributed by atoms with Crippen LogP contribution < -0.4 is 19.5 Å². The first-order valence-electron chi connectivity index (χ1n) is 8.01. The Balaban J connectivity index is 3.29. The lowest BCUT2D eigenvalue weighted by Gasteiger charge is -2.26. The van der Waals surface area contributed by atoms with Crippen LogP contribution in [0.3, 0.4) is 0 Å². The predicted octanol–water partition coefficient (Wildman–Crippen LogP) is 2.15. The summed E-state index contributed by atoms with van der Waals surface area (Å²) in [5.41, 5.74) is -1.09. The van der Waals surface area contributed by atoms with Crippen LogP contribution in [-0.4, -0.2) is 49.9 Å². The third-order valence-corrected chi connectivity index (χ3v) is 3.81. The first-order valence-corrected chi connectivity index (χ1v) is 8.01. The molecule has 146 valence electrons. The molecule has 0 aromatic heterocycles. The van der Waals surface area contributed by atoms with Crippen LogP contribution in [0.2, 0.25) is 0 Å². The average Bonchev–Trinajstić information content (AvgIpc) is 2.56. The monoisotopic (exact) mass is 370 g/mol. The Bertz CT molecular complexity index is 672. The van der Waals surface area contributed by atoms with Crippen LogP contribution >= 0.6 is 0 Å². The average molecular weight is 370 g/mol. The van der Waals surface area contributed by atoms with Crippen molar-refractivity contribution in [2.75, 3.05) is 27.9 Å². The number of nitrogens with one attached hydrogen (secondary N) is 1. The van der Waals surface area contributed by atoms with E-state index in [1.165, 1.54) is 27.4 Å². The van der Waals surface area contributed by atoms with Gasteiger partial charge in [-0.05, 0) is 18.8 Å². The highest BCUT2D eigenvalue weighted by molar-refractivity contribution is 6.00. The van der Waals surface area contributed by atoms with Gasteiger partial charge in [0.15, 0.2) is 5.75 Å². The van der Waals surface area contributed by atoms with Gasteiger partial charge in [0.1, 0.15) is 5.56 Å². The first kappa shape index (κ1) is 21.5. The fraction of sp³-hybridized carbons (Fsp3) is 0.588. The van der Waals surface area contributed by atoms with Gasteiger partial charge in [0, 0.05) is 12.6 Å². The van der Waals surface area contributed by atoms with Gasteiger partial charge in [-0.2, -0.15) is 0 Å². The Labute approximate surface area is 152 Å². The van der Waals surface area contributed by atoms with Gasteiger partial charge in [0.2, 0.25) is 11.5 Å². The number of aliphatic hydroxyl groups is 1. The van der Waals surface area contributed by atoms with Gasteiger partial charge in [0.25, 0.3) is 5.91 Å². The number of ether oxygens (including phenoxy) is 3. The van der Waals surface area contributed by atoms with Crippen LogP contribution in [0.1, 0.15) is 37.6 Å². The molecule has 1 aromatic carbocycles. The molecule has 1 rings (SSSR count). The predicted molar refractivity (Wildman–Crippen MR) is 95.2 cm³/mol. The molecule has 0 heterocycles. The fourth-order valence-corrected chi connectivity index (χ4v) is 2.78. The second kappa shape index (κ2) is 8.70. The summed E-state index contributed by atoms with van der Waals surface area (Å²) in [5, 5.41) is 23.7. The van der Waals surface area contributed by atoms with E-state index in [4.69, 9.17) is 14.2 Å². The number of nitrogens with zero attached hydrogens (tertiary/aromatic N) is 1. The highest BCUT2D eigenvalue weighted by Crippen LogP contribution is 2.46. The Morgan fingerprint density at radius 3 is 2.27 bits per heavy atom. The van der Waals surface area contributed by atoms with Gasteiger partial charge < -0.3 is 24.6 Å². The summed E-state index contributed by atoms with van der Waals surface area (Å²) >= 11 is 0. The zero-order chi connectivity index (χ0) is 20.1. The van der Waals surface area contributed by atoms with Crippen LogP contribution in [0.25, 0.3) is 0 Å². The second-order valence-corrected chi connectivity index (χ2v) is 6.70. The number of nitro groups is 1. The maximum atomic E-state index is 12.6. The smallest absolute Gasteiger partial charge is 0.327 e. The molecular formula is C17H26N2O7. The van der Waals surface area contributed by atoms with E-state index in [-0.39, 0.29) is 34.8 Å². The van der Waals surface area contributed by atoms with Gasteiger partial charge in [-0.1, -0.05) is 13.8 Å². The van der Waals surface area contributed by atoms with Crippen molar-refractivity contribution in [2.24, 2.45) is 5.41 Å². The number of aliphatic hydroxyl groups excluding tert-OH is 1. The van der Waals surface area contributed by atoms with Gasteiger partial charge >= 0.3 is 5.69 Å². The molecule has 0 saturated carbocycles. The topological polar surface area (TPSA) is 120 Å². The number of carbonyl (C=O) groups excluding carboxylic acids is 1. The maximum absolute atomic E-state index is 12.6. The number of nitro benzene ring substituents is 1. The summed E-state index contributed by atoms with van der Waals surface area (Å²) in [6, 6.07) is 1.25. The van der Waals surface area contributed by atoms with Gasteiger partial charge in [-0.15, -0.1) is 0 Å². The van der Waals surface area contributed by atoms with Crippen molar-refractivity contribution >= 4 is 11.6 Å². The Morgan fingerprint density at radius 2 is 1.85 bits per heavy atom. The van der Waals surface area contributed by atoms with E-state index in [9.17, 15) is 20.0 Å². The van der Waals surface area contributed by atoms with Gasteiger partial charge in [-0.3, -0.25) is 14.9 Å². The lowest BCUT2D eigenvalue weighted by Crippen LogP contribution is -2.36. The van der Waals surface area contributed by atoms with Gasteiger partial charge in [0.05, 0.1) is 32.4 Å². The van der Waals surface area contributed by atoms with E-state index in [2.05, 4.69) is 5.32 Å². The molecule has 0 aliphatic rings. The van der Waals surface area contributed by atoms with E-state index < -0.39 is 22.6 Å². The van der Waals surface area contributed by atoms with E-state index in [1.54, 1.807) is 6.92 Å². The molecule has 0 spiro atoms. The standard InChI is InChI=1S/C17H26N2O7/c1-10(20)8-17(2,3)9-18-16(21)11-7-12(24-4)14(25-5)15(26-6)13(11)19(22)23/h7,10,20H,8-9H2,1-6H3,(H,18,21)/t10-/m1/s1. The number of benzene rings is 1. The molecule has 0 aliphatic heterocycles. The summed E-state index contributed by atoms with van der Waals surface area (Å²) in [4.78, 5) is 23.4. The number of rotatable bonds is 9. The normalized spacial score (nSPS) is 12.3. The molecule has 0 saturated heterocycles. The molecule has 0 unspecified atom stereocenters. The van der Waals surface area contributed by atoms with Crippen molar-refractivity contribution in [1.29, 1.82) is 0 Å². The van der Waals surface area contributed by atoms with Crippen LogP contribution in [0, 0.1) is 15.5 Å². The Morgan fingerprint density at radius 1 is 1.27 bits per heavy atom. The fourth-order valence-electron chi connectivity index (χ4n) is 2.78. The van der Waals surface area contributed by atoms with Crippen molar-refractivity contribution in [3.05, 3.63) is 21.7 Å². The number of hydrogen-bond donors (Lipinski definition) is 2. The van der Waals surface area contributed by atoms with Crippen LogP contribution in [0.15, 0.2) is 6.07 Å². The molecule has 0 aliphatic carbocycles. The molecule has 9 heteroatoms. The minimum Gasteiger partial charge on any atom is -0.493 e. The molecule has 0 bridgehead atoms. The van der Waals surface area contributed by atoms with Crippen molar-refractivity contribution in [1.82, 2.24) is 5.32 Å². The van der Waals surface area contributed by atoms with Crippen molar-refractivity contribution in [3.8, 4) is 17.2 Å². The van der Waals surface area contributed by atoms with Crippen molar-refractivity contribution in [2.45, 2.75) is 33.3 Å². The minimum atomic E-state index is -0.698. The molecule has 1 atom stereocenters. The van der Waals surface area contributed by atoms with Crippen LogP contribution in [-0.2, 0) is 0 Å². The van der Waals surface area contributed by atoms with E-state index in [0.29, 0.717) is 6.42 Å². The molecule has 0 radical (unpaired) electrons. The van der Waals surface area contributed by atoms with Crippen LogP contribution in [0.5, 0.6) is 17.2 Å². The summed E-state index contributed by atoms with van der Waals surface area (Å²) in [6.45, 7) is 5.64. The van der Waals surface area contributed by atoms with Crippen LogP contribution in [0.4, 0.5) is 5.69 Å². The third-order valence-electron chi connectivity index (χ3n) is 3.81. The number of methoxy groups -OCH3 is 3. The Hall–Kier alpha value is -2.55. The summed E-state index contributed by atoms with van der Waals surface area (Å²) in [6.07, 6.45) is -0.0672. The quantitative estimate of drug-likeness (QED) is 0.505. The second-order valence-electron chi connectivity index (χ2n) is 6.70. The largest absolute Gasteiger partial charge is 0.493 e. The lowest BCUT2D eigenvalue weighted by molar-refractivity contribution is -0.386. The zero-order valence-electron chi connectivity index (χ0n) is 15.9. The summed E-state index contributed by atoms with van der Waals surface area (Å²) in [5.74, 6) is -0.657. The third kappa shape index (κ3) is 4.98. The first-order chi connectivity index (χ1) is 12.1.